The third-order valence-electron chi connectivity index (χ3n) is 2.94. The first-order valence-corrected chi connectivity index (χ1v) is 7.96. The quantitative estimate of drug-likeness (QED) is 0.319. The van der Waals surface area contributed by atoms with Crippen molar-refractivity contribution >= 4 is 10.1 Å². The second-order valence-corrected chi connectivity index (χ2v) is 6.33. The summed E-state index contributed by atoms with van der Waals surface area (Å²) in [4.78, 5) is 0. The first-order chi connectivity index (χ1) is 12.0. The molecule has 0 rings (SSSR count). The highest BCUT2D eigenvalue weighted by atomic mass is 32.2. The van der Waals surface area contributed by atoms with Crippen LogP contribution in [0.1, 0.15) is 13.3 Å². The number of alkyl halides is 12. The molecule has 4 nitrogen and oxygen atoms in total. The Morgan fingerprint density at radius 2 is 1.11 bits per heavy atom. The molecule has 28 heavy (non-hydrogen) atoms. The number of rotatable bonds is 8. The molecule has 0 aromatic heterocycles. The van der Waals surface area contributed by atoms with E-state index >= 15 is 0 Å². The standard InChI is InChI=1S/C8H6F12O3S.C3H7N/c1-2-3(9,10)4(11,12)5(13,14)6(15,16)7(17,18)8(19,20)24(21,22)23;1-2-3-4/h2H2,1H3,(H,21,22,23);2H,1,3-4H2. The lowest BCUT2D eigenvalue weighted by atomic mass is 9.93. The van der Waals surface area contributed by atoms with Crippen molar-refractivity contribution < 1.29 is 65.7 Å². The zero-order valence-corrected chi connectivity index (χ0v) is 14.3. The fraction of sp³-hybridized carbons (Fsp3) is 0.818. The fourth-order valence-corrected chi connectivity index (χ4v) is 1.64. The van der Waals surface area contributed by atoms with Crippen LogP contribution in [0.3, 0.4) is 0 Å². The predicted octanol–water partition coefficient (Wildman–Crippen LogP) is 4.18. The maximum absolute atomic E-state index is 13.0. The molecule has 0 fully saturated rings. The average Bonchev–Trinajstić information content (AvgIpc) is 2.52. The van der Waals surface area contributed by atoms with E-state index in [4.69, 9.17) is 10.3 Å². The van der Waals surface area contributed by atoms with Crippen LogP contribution in [-0.4, -0.2) is 54.4 Å². The molecule has 0 aliphatic carbocycles. The third kappa shape index (κ3) is 4.34. The van der Waals surface area contributed by atoms with Gasteiger partial charge in [-0.15, -0.1) is 6.58 Å². The molecule has 0 amide bonds. The Bertz CT molecular complexity index is 647. The van der Waals surface area contributed by atoms with Gasteiger partial charge in [-0.25, -0.2) is 0 Å². The van der Waals surface area contributed by atoms with Crippen LogP contribution in [-0.2, 0) is 10.1 Å². The third-order valence-corrected chi connectivity index (χ3v) is 3.85. The van der Waals surface area contributed by atoms with Gasteiger partial charge in [-0.1, -0.05) is 13.0 Å². The van der Waals surface area contributed by atoms with Crippen molar-refractivity contribution in [2.24, 2.45) is 5.73 Å². The summed E-state index contributed by atoms with van der Waals surface area (Å²) in [7, 11) is -7.52. The molecule has 0 aliphatic rings. The van der Waals surface area contributed by atoms with E-state index in [0.717, 1.165) is 0 Å². The molecule has 0 radical (unpaired) electrons. The number of halogens is 12. The number of nitrogens with two attached hydrogens (primary N) is 1. The molecule has 0 unspecified atom stereocenters. The molecule has 17 heteroatoms. The van der Waals surface area contributed by atoms with Gasteiger partial charge in [0.25, 0.3) is 0 Å². The summed E-state index contributed by atoms with van der Waals surface area (Å²) in [5, 5.41) is -7.40. The van der Waals surface area contributed by atoms with Gasteiger partial charge in [0.15, 0.2) is 0 Å². The van der Waals surface area contributed by atoms with E-state index in [-0.39, 0.29) is 6.92 Å². The van der Waals surface area contributed by atoms with Gasteiger partial charge >= 0.3 is 45.0 Å². The normalized spacial score (nSPS) is 15.0. The van der Waals surface area contributed by atoms with Crippen molar-refractivity contribution in [1.82, 2.24) is 0 Å². The predicted molar refractivity (Wildman–Crippen MR) is 70.8 cm³/mol. The molecular formula is C11H13F12NO3S. The van der Waals surface area contributed by atoms with Crippen molar-refractivity contribution in [3.63, 3.8) is 0 Å². The minimum absolute atomic E-state index is 0.0626. The maximum Gasteiger partial charge on any atom is 0.438 e. The molecule has 0 saturated heterocycles. The van der Waals surface area contributed by atoms with Crippen LogP contribution in [0.25, 0.3) is 0 Å². The SMILES string of the molecule is C=CCN.CCC(F)(F)C(F)(F)C(F)(F)C(F)(F)C(F)(F)C(F)(F)S(=O)(=O)O. The van der Waals surface area contributed by atoms with Crippen molar-refractivity contribution in [2.75, 3.05) is 6.54 Å². The second-order valence-electron chi connectivity index (χ2n) is 4.87. The number of hydrogen-bond acceptors (Lipinski definition) is 3. The van der Waals surface area contributed by atoms with E-state index in [9.17, 15) is 61.1 Å². The lowest BCUT2D eigenvalue weighted by Crippen LogP contribution is -2.71. The minimum atomic E-state index is -8.01. The second kappa shape index (κ2) is 8.25. The Morgan fingerprint density at radius 3 is 1.32 bits per heavy atom. The van der Waals surface area contributed by atoms with E-state index < -0.39 is 51.4 Å². The molecule has 0 atom stereocenters. The molecule has 0 heterocycles. The van der Waals surface area contributed by atoms with Crippen LogP contribution in [0.4, 0.5) is 52.7 Å². The smallest absolute Gasteiger partial charge is 0.327 e. The highest BCUT2D eigenvalue weighted by molar-refractivity contribution is 7.87. The van der Waals surface area contributed by atoms with Crippen LogP contribution in [0.2, 0.25) is 0 Å². The topological polar surface area (TPSA) is 80.4 Å². The first kappa shape index (κ1) is 29.0. The Labute approximate surface area is 150 Å². The van der Waals surface area contributed by atoms with Gasteiger partial charge in [0.05, 0.1) is 0 Å². The van der Waals surface area contributed by atoms with Crippen LogP contribution < -0.4 is 5.73 Å². The number of hydrogen-bond donors (Lipinski definition) is 2. The van der Waals surface area contributed by atoms with Crippen LogP contribution in [0.15, 0.2) is 12.7 Å². The van der Waals surface area contributed by atoms with E-state index in [0.29, 0.717) is 6.54 Å². The van der Waals surface area contributed by atoms with Crippen molar-refractivity contribution in [3.8, 4) is 0 Å². The van der Waals surface area contributed by atoms with Gasteiger partial charge in [-0.3, -0.25) is 4.55 Å². The first-order valence-electron chi connectivity index (χ1n) is 6.52. The van der Waals surface area contributed by atoms with Crippen molar-refractivity contribution in [2.45, 2.75) is 48.2 Å². The van der Waals surface area contributed by atoms with Gasteiger partial charge in [0.1, 0.15) is 0 Å². The van der Waals surface area contributed by atoms with Crippen LogP contribution >= 0.6 is 0 Å². The summed E-state index contributed by atoms with van der Waals surface area (Å²) in [6, 6.07) is 0. The molecule has 0 saturated carbocycles. The monoisotopic (exact) mass is 467 g/mol. The molecule has 170 valence electrons. The average molecular weight is 467 g/mol. The van der Waals surface area contributed by atoms with E-state index in [1.54, 1.807) is 6.08 Å². The molecule has 3 N–H and O–H groups in total. The van der Waals surface area contributed by atoms with Gasteiger partial charge in [-0.2, -0.15) is 61.1 Å². The summed E-state index contributed by atoms with van der Waals surface area (Å²) in [5.74, 6) is -37.1. The van der Waals surface area contributed by atoms with Gasteiger partial charge in [0, 0.05) is 13.0 Å². The minimum Gasteiger partial charge on any atom is -0.327 e. The molecular weight excluding hydrogens is 454 g/mol. The largest absolute Gasteiger partial charge is 0.438 e. The van der Waals surface area contributed by atoms with Crippen LogP contribution in [0.5, 0.6) is 0 Å². The Morgan fingerprint density at radius 1 is 0.821 bits per heavy atom. The lowest BCUT2D eigenvalue weighted by molar-refractivity contribution is -0.417. The molecule has 0 spiro atoms. The summed E-state index contributed by atoms with van der Waals surface area (Å²) in [5.41, 5.74) is 4.91. The maximum atomic E-state index is 13.0. The van der Waals surface area contributed by atoms with Crippen LogP contribution in [0, 0.1) is 0 Å². The summed E-state index contributed by atoms with van der Waals surface area (Å²) >= 11 is 0. The summed E-state index contributed by atoms with van der Waals surface area (Å²) in [6.45, 7) is 4.00. The van der Waals surface area contributed by atoms with Crippen molar-refractivity contribution in [3.05, 3.63) is 12.7 Å². The van der Waals surface area contributed by atoms with E-state index in [1.165, 1.54) is 0 Å². The molecule has 0 aromatic carbocycles. The fourth-order valence-electron chi connectivity index (χ4n) is 1.19. The van der Waals surface area contributed by atoms with Gasteiger partial charge in [-0.05, 0) is 0 Å². The van der Waals surface area contributed by atoms with Gasteiger partial charge < -0.3 is 5.73 Å². The zero-order chi connectivity index (χ0) is 23.6. The zero-order valence-electron chi connectivity index (χ0n) is 13.5. The Kier molecular flexibility index (Phi) is 8.54. The summed E-state index contributed by atoms with van der Waals surface area (Å²) in [6.07, 6.45) is -0.633. The van der Waals surface area contributed by atoms with Crippen molar-refractivity contribution in [1.29, 1.82) is 0 Å². The molecule has 0 aliphatic heterocycles. The highest BCUT2D eigenvalue weighted by Crippen LogP contribution is 2.61. The Balaban J connectivity index is 0. The summed E-state index contributed by atoms with van der Waals surface area (Å²) < 4.78 is 182. The van der Waals surface area contributed by atoms with Gasteiger partial charge in [0.2, 0.25) is 0 Å². The Hall–Kier alpha value is -1.23. The van der Waals surface area contributed by atoms with E-state index in [2.05, 4.69) is 6.58 Å². The molecule has 0 bridgehead atoms. The van der Waals surface area contributed by atoms with E-state index in [1.807, 2.05) is 0 Å². The molecule has 0 aromatic rings. The lowest BCUT2D eigenvalue weighted by Gasteiger charge is -2.40. The highest BCUT2D eigenvalue weighted by Gasteiger charge is 2.91.